The number of nitrogens with zero attached hydrogens (tertiary/aromatic N) is 2. The number of urea groups is 1. The van der Waals surface area contributed by atoms with Crippen LogP contribution in [0.15, 0.2) is 48.5 Å². The van der Waals surface area contributed by atoms with Crippen LogP contribution in [0.3, 0.4) is 0 Å². The van der Waals surface area contributed by atoms with Crippen LogP contribution >= 0.6 is 0 Å². The fraction of sp³-hybridized carbons (Fsp3) is 0.345. The van der Waals surface area contributed by atoms with E-state index in [2.05, 4.69) is 5.32 Å². The van der Waals surface area contributed by atoms with Crippen LogP contribution < -0.4 is 14.8 Å². The molecule has 1 fully saturated rings. The molecule has 1 spiro atoms. The van der Waals surface area contributed by atoms with Crippen molar-refractivity contribution in [1.29, 1.82) is 0 Å². The zero-order chi connectivity index (χ0) is 25.7. The lowest BCUT2D eigenvalue weighted by Crippen LogP contribution is -2.44. The maximum Gasteiger partial charge on any atom is 0.325 e. The molecule has 1 aliphatic carbocycles. The number of carbonyl (C=O) groups is 3. The molecule has 1 saturated heterocycles. The quantitative estimate of drug-likeness (QED) is 0.429. The second kappa shape index (κ2) is 8.80. The summed E-state index contributed by atoms with van der Waals surface area (Å²) in [6.07, 6.45) is 3.16. The molecular weight excluding hydrogens is 470 g/mol. The molecule has 1 N–H and O–H groups in total. The van der Waals surface area contributed by atoms with Gasteiger partial charge in [-0.3, -0.25) is 14.5 Å². The lowest BCUT2D eigenvalue weighted by molar-refractivity contribution is -0.131. The molecule has 1 unspecified atom stereocenters. The van der Waals surface area contributed by atoms with Crippen LogP contribution in [0.4, 0.5) is 4.79 Å². The number of fused-ring (bicyclic) bond motifs is 3. The second-order valence-electron chi connectivity index (χ2n) is 9.96. The van der Waals surface area contributed by atoms with Crippen LogP contribution in [-0.4, -0.2) is 46.9 Å². The maximum atomic E-state index is 13.7. The average Bonchev–Trinajstić information content (AvgIpc) is 3.24. The largest absolute Gasteiger partial charge is 0.486 e. The molecule has 37 heavy (non-hydrogen) atoms. The molecule has 8 heteroatoms. The van der Waals surface area contributed by atoms with Gasteiger partial charge in [-0.2, -0.15) is 0 Å². The first-order valence-corrected chi connectivity index (χ1v) is 12.7. The number of benzene rings is 2. The second-order valence-corrected chi connectivity index (χ2v) is 9.96. The van der Waals surface area contributed by atoms with E-state index in [4.69, 9.17) is 9.47 Å². The predicted octanol–water partition coefficient (Wildman–Crippen LogP) is 4.22. The molecule has 6 rings (SSSR count). The molecule has 2 aromatic carbocycles. The van der Waals surface area contributed by atoms with Crippen molar-refractivity contribution in [2.24, 2.45) is 0 Å². The minimum atomic E-state index is -1.10. The smallest absolute Gasteiger partial charge is 0.325 e. The highest BCUT2D eigenvalue weighted by Crippen LogP contribution is 2.39. The van der Waals surface area contributed by atoms with E-state index in [0.29, 0.717) is 36.7 Å². The third-order valence-corrected chi connectivity index (χ3v) is 7.72. The first kappa shape index (κ1) is 23.3. The molecule has 2 aliphatic heterocycles. The zero-order valence-corrected chi connectivity index (χ0v) is 21.0. The number of aryl methyl sites for hydroxylation is 2. The molecule has 1 atom stereocenters. The Morgan fingerprint density at radius 2 is 1.78 bits per heavy atom. The number of carbonyl (C=O) groups excluding carboxylic acids is 3. The lowest BCUT2D eigenvalue weighted by Gasteiger charge is -2.27. The van der Waals surface area contributed by atoms with E-state index in [0.717, 1.165) is 52.4 Å². The number of Topliss-reactive ketones (excluding diaryl/α,β-unsaturated/α-hetero) is 1. The van der Waals surface area contributed by atoms with E-state index in [1.165, 1.54) is 0 Å². The summed E-state index contributed by atoms with van der Waals surface area (Å²) < 4.78 is 13.3. The van der Waals surface area contributed by atoms with E-state index >= 15 is 0 Å². The Bertz CT molecular complexity index is 1440. The normalized spacial score (nSPS) is 20.5. The van der Waals surface area contributed by atoms with Crippen LogP contribution in [0.25, 0.3) is 5.69 Å². The molecular formula is C29H29N3O5. The average molecular weight is 500 g/mol. The summed E-state index contributed by atoms with van der Waals surface area (Å²) in [5.74, 6) is 0.735. The van der Waals surface area contributed by atoms with Crippen LogP contribution in [0.5, 0.6) is 11.5 Å². The van der Waals surface area contributed by atoms with E-state index in [1.807, 2.05) is 66.9 Å². The number of imide groups is 1. The molecule has 1 aromatic heterocycles. The van der Waals surface area contributed by atoms with E-state index in [1.54, 1.807) is 0 Å². The third kappa shape index (κ3) is 3.70. The Kier molecular flexibility index (Phi) is 5.55. The number of rotatable bonds is 4. The van der Waals surface area contributed by atoms with E-state index in [-0.39, 0.29) is 18.2 Å². The number of ketones is 1. The molecule has 0 bridgehead atoms. The minimum Gasteiger partial charge on any atom is -0.486 e. The van der Waals surface area contributed by atoms with Gasteiger partial charge in [0.15, 0.2) is 17.3 Å². The van der Waals surface area contributed by atoms with Gasteiger partial charge in [0.05, 0.1) is 6.54 Å². The van der Waals surface area contributed by atoms with Crippen LogP contribution in [0.2, 0.25) is 0 Å². The topological polar surface area (TPSA) is 89.9 Å². The fourth-order valence-electron chi connectivity index (χ4n) is 5.96. The van der Waals surface area contributed by atoms with Gasteiger partial charge in [-0.25, -0.2) is 4.79 Å². The summed E-state index contributed by atoms with van der Waals surface area (Å²) in [6.45, 7) is 4.49. The van der Waals surface area contributed by atoms with Gasteiger partial charge in [0.2, 0.25) is 0 Å². The number of ether oxygens (including phenoxy) is 2. The first-order chi connectivity index (χ1) is 17.9. The van der Waals surface area contributed by atoms with Gasteiger partial charge in [0.25, 0.3) is 5.91 Å². The van der Waals surface area contributed by atoms with Crippen molar-refractivity contribution < 1.29 is 23.9 Å². The Morgan fingerprint density at radius 1 is 1.00 bits per heavy atom. The van der Waals surface area contributed by atoms with Crippen molar-refractivity contribution in [3.8, 4) is 17.2 Å². The van der Waals surface area contributed by atoms with Crippen LogP contribution in [-0.2, 0) is 16.8 Å². The molecule has 3 amide bonds. The summed E-state index contributed by atoms with van der Waals surface area (Å²) in [7, 11) is 0. The van der Waals surface area contributed by atoms with Gasteiger partial charge in [0, 0.05) is 28.7 Å². The van der Waals surface area contributed by atoms with Crippen molar-refractivity contribution >= 4 is 17.7 Å². The SMILES string of the molecule is Cc1cc(C(=O)CN2C(=O)NC3(CCCCc4ccccc43)C2=O)c(C)n1-c1ccc2c(c1)OCCO2. The first-order valence-electron chi connectivity index (χ1n) is 12.7. The van der Waals surface area contributed by atoms with Gasteiger partial charge < -0.3 is 19.4 Å². The van der Waals surface area contributed by atoms with Gasteiger partial charge in [-0.1, -0.05) is 24.3 Å². The Morgan fingerprint density at radius 3 is 2.62 bits per heavy atom. The zero-order valence-electron chi connectivity index (χ0n) is 21.0. The van der Waals surface area contributed by atoms with Crippen molar-refractivity contribution in [2.75, 3.05) is 19.8 Å². The lowest BCUT2D eigenvalue weighted by atomic mass is 9.84. The van der Waals surface area contributed by atoms with E-state index < -0.39 is 11.6 Å². The summed E-state index contributed by atoms with van der Waals surface area (Å²) >= 11 is 0. The summed E-state index contributed by atoms with van der Waals surface area (Å²) in [5.41, 5.74) is 3.75. The fourth-order valence-corrected chi connectivity index (χ4v) is 5.96. The number of hydrogen-bond donors (Lipinski definition) is 1. The molecule has 3 heterocycles. The molecule has 0 radical (unpaired) electrons. The van der Waals surface area contributed by atoms with Gasteiger partial charge in [-0.15, -0.1) is 0 Å². The highest BCUT2D eigenvalue weighted by atomic mass is 16.6. The Labute approximate surface area is 215 Å². The molecule has 3 aromatic rings. The van der Waals surface area contributed by atoms with Crippen LogP contribution in [0, 0.1) is 13.8 Å². The minimum absolute atomic E-state index is 0.278. The Hall–Kier alpha value is -4.07. The number of aromatic nitrogens is 1. The predicted molar refractivity (Wildman–Crippen MR) is 136 cm³/mol. The molecule has 190 valence electrons. The number of hydrogen-bond acceptors (Lipinski definition) is 5. The highest BCUT2D eigenvalue weighted by molar-refractivity contribution is 6.11. The van der Waals surface area contributed by atoms with Crippen molar-refractivity contribution in [3.05, 3.63) is 76.6 Å². The van der Waals surface area contributed by atoms with Crippen molar-refractivity contribution in [2.45, 2.75) is 45.1 Å². The molecule has 8 nitrogen and oxygen atoms in total. The standard InChI is InChI=1S/C29H29N3O5/c1-18-15-22(19(2)32(18)21-10-11-25-26(16-21)37-14-13-36-25)24(33)17-31-27(34)29(30-28(31)35)12-6-5-8-20-7-3-4-9-23(20)29/h3-4,7,9-11,15-16H,5-6,8,12-14,17H2,1-2H3,(H,30,35). The third-order valence-electron chi connectivity index (χ3n) is 7.72. The van der Waals surface area contributed by atoms with Crippen LogP contribution in [0.1, 0.15) is 52.1 Å². The van der Waals surface area contributed by atoms with Gasteiger partial charge >= 0.3 is 6.03 Å². The maximum absolute atomic E-state index is 13.7. The van der Waals surface area contributed by atoms with E-state index in [9.17, 15) is 14.4 Å². The van der Waals surface area contributed by atoms with Gasteiger partial charge in [0.1, 0.15) is 18.8 Å². The van der Waals surface area contributed by atoms with Crippen molar-refractivity contribution in [1.82, 2.24) is 14.8 Å². The monoisotopic (exact) mass is 499 g/mol. The summed E-state index contributed by atoms with van der Waals surface area (Å²) in [4.78, 5) is 41.4. The Balaban J connectivity index is 1.29. The number of amides is 3. The summed E-state index contributed by atoms with van der Waals surface area (Å²) in [6, 6.07) is 14.8. The molecule has 0 saturated carbocycles. The molecule has 3 aliphatic rings. The van der Waals surface area contributed by atoms with Crippen molar-refractivity contribution in [3.63, 3.8) is 0 Å². The highest BCUT2D eigenvalue weighted by Gasteiger charge is 2.53. The number of nitrogens with one attached hydrogen (secondary N) is 1. The summed E-state index contributed by atoms with van der Waals surface area (Å²) in [5, 5.41) is 2.96. The van der Waals surface area contributed by atoms with Gasteiger partial charge in [-0.05, 0) is 68.9 Å².